The Morgan fingerprint density at radius 2 is 2.21 bits per heavy atom. The van der Waals surface area contributed by atoms with Crippen LogP contribution in [0.2, 0.25) is 0 Å². The first-order valence-corrected chi connectivity index (χ1v) is 5.76. The molecule has 0 aromatic heterocycles. The van der Waals surface area contributed by atoms with Crippen LogP contribution in [0.15, 0.2) is 28.7 Å². The van der Waals surface area contributed by atoms with Crippen molar-refractivity contribution in [3.63, 3.8) is 0 Å². The Morgan fingerprint density at radius 3 is 2.79 bits per heavy atom. The van der Waals surface area contributed by atoms with Crippen molar-refractivity contribution >= 4 is 22.0 Å². The van der Waals surface area contributed by atoms with E-state index in [0.29, 0.717) is 6.54 Å². The number of hydrogen-bond acceptors (Lipinski definition) is 1. The average molecular weight is 252 g/mol. The highest BCUT2D eigenvalue weighted by atomic mass is 79.9. The van der Waals surface area contributed by atoms with Gasteiger partial charge in [-0.05, 0) is 36.0 Å². The van der Waals surface area contributed by atoms with Gasteiger partial charge in [0.15, 0.2) is 0 Å². The van der Waals surface area contributed by atoms with Crippen molar-refractivity contribution in [2.24, 2.45) is 5.73 Å². The summed E-state index contributed by atoms with van der Waals surface area (Å²) in [4.78, 5) is 0. The van der Waals surface area contributed by atoms with Crippen LogP contribution in [-0.4, -0.2) is 6.54 Å². The SMILES string of the molecule is NC/C=C/c1ccc(C2CC2)c(Br)c1. The van der Waals surface area contributed by atoms with Gasteiger partial charge in [0.25, 0.3) is 0 Å². The molecule has 2 rings (SSSR count). The maximum atomic E-state index is 5.40. The minimum atomic E-state index is 0.599. The van der Waals surface area contributed by atoms with Crippen molar-refractivity contribution in [1.82, 2.24) is 0 Å². The molecule has 0 atom stereocenters. The Labute approximate surface area is 93.1 Å². The molecule has 0 heterocycles. The van der Waals surface area contributed by atoms with E-state index in [-0.39, 0.29) is 0 Å². The van der Waals surface area contributed by atoms with Crippen LogP contribution in [0.1, 0.15) is 29.9 Å². The van der Waals surface area contributed by atoms with Crippen molar-refractivity contribution in [2.45, 2.75) is 18.8 Å². The number of hydrogen-bond donors (Lipinski definition) is 1. The molecule has 74 valence electrons. The zero-order valence-electron chi connectivity index (χ0n) is 8.04. The molecule has 0 radical (unpaired) electrons. The summed E-state index contributed by atoms with van der Waals surface area (Å²) in [5.74, 6) is 0.803. The second-order valence-corrected chi connectivity index (χ2v) is 4.55. The lowest BCUT2D eigenvalue weighted by Crippen LogP contribution is -1.92. The van der Waals surface area contributed by atoms with Crippen molar-refractivity contribution in [1.29, 1.82) is 0 Å². The molecule has 14 heavy (non-hydrogen) atoms. The maximum Gasteiger partial charge on any atom is 0.0216 e. The molecule has 1 aliphatic rings. The molecule has 1 fully saturated rings. The minimum Gasteiger partial charge on any atom is -0.327 e. The second kappa shape index (κ2) is 4.28. The number of rotatable bonds is 3. The molecule has 0 unspecified atom stereocenters. The summed E-state index contributed by atoms with van der Waals surface area (Å²) in [7, 11) is 0. The zero-order chi connectivity index (χ0) is 9.97. The lowest BCUT2D eigenvalue weighted by molar-refractivity contribution is 1.12. The molecule has 1 aromatic rings. The fourth-order valence-corrected chi connectivity index (χ4v) is 2.30. The van der Waals surface area contributed by atoms with Gasteiger partial charge in [-0.15, -0.1) is 0 Å². The topological polar surface area (TPSA) is 26.0 Å². The van der Waals surface area contributed by atoms with Gasteiger partial charge in [0.1, 0.15) is 0 Å². The lowest BCUT2D eigenvalue weighted by atomic mass is 10.1. The lowest BCUT2D eigenvalue weighted by Gasteiger charge is -2.03. The van der Waals surface area contributed by atoms with E-state index in [4.69, 9.17) is 5.73 Å². The van der Waals surface area contributed by atoms with E-state index < -0.39 is 0 Å². The molecule has 1 saturated carbocycles. The van der Waals surface area contributed by atoms with Crippen molar-refractivity contribution in [3.05, 3.63) is 39.9 Å². The van der Waals surface area contributed by atoms with Crippen molar-refractivity contribution in [2.75, 3.05) is 6.54 Å². The zero-order valence-corrected chi connectivity index (χ0v) is 9.63. The van der Waals surface area contributed by atoms with Crippen molar-refractivity contribution in [3.8, 4) is 0 Å². The van der Waals surface area contributed by atoms with Gasteiger partial charge in [-0.25, -0.2) is 0 Å². The van der Waals surface area contributed by atoms with Gasteiger partial charge in [0.05, 0.1) is 0 Å². The van der Waals surface area contributed by atoms with Crippen LogP contribution < -0.4 is 5.73 Å². The highest BCUT2D eigenvalue weighted by Gasteiger charge is 2.25. The fraction of sp³-hybridized carbons (Fsp3) is 0.333. The van der Waals surface area contributed by atoms with Gasteiger partial charge in [-0.3, -0.25) is 0 Å². The Morgan fingerprint density at radius 1 is 1.43 bits per heavy atom. The van der Waals surface area contributed by atoms with Crippen LogP contribution >= 0.6 is 15.9 Å². The van der Waals surface area contributed by atoms with E-state index in [0.717, 1.165) is 5.92 Å². The highest BCUT2D eigenvalue weighted by Crippen LogP contribution is 2.43. The summed E-state index contributed by atoms with van der Waals surface area (Å²) in [5, 5.41) is 0. The molecule has 2 N–H and O–H groups in total. The molecule has 0 bridgehead atoms. The Kier molecular flexibility index (Phi) is 3.04. The summed E-state index contributed by atoms with van der Waals surface area (Å²) in [6, 6.07) is 6.54. The minimum absolute atomic E-state index is 0.599. The Bertz CT molecular complexity index is 353. The molecule has 2 heteroatoms. The quantitative estimate of drug-likeness (QED) is 0.877. The van der Waals surface area contributed by atoms with Crippen LogP contribution in [-0.2, 0) is 0 Å². The van der Waals surface area contributed by atoms with Crippen molar-refractivity contribution < 1.29 is 0 Å². The average Bonchev–Trinajstić information content (AvgIpc) is 2.98. The summed E-state index contributed by atoms with van der Waals surface area (Å²) < 4.78 is 1.24. The third-order valence-corrected chi connectivity index (χ3v) is 3.17. The van der Waals surface area contributed by atoms with Gasteiger partial charge in [-0.2, -0.15) is 0 Å². The number of benzene rings is 1. The normalized spacial score (nSPS) is 16.4. The Hall–Kier alpha value is -0.600. The van der Waals surface area contributed by atoms with Crippen LogP contribution in [0.25, 0.3) is 6.08 Å². The Balaban J connectivity index is 2.21. The van der Waals surface area contributed by atoms with E-state index >= 15 is 0 Å². The maximum absolute atomic E-state index is 5.40. The fourth-order valence-electron chi connectivity index (χ4n) is 1.58. The predicted octanol–water partition coefficient (Wildman–Crippen LogP) is 3.30. The molecule has 1 nitrogen and oxygen atoms in total. The summed E-state index contributed by atoms with van der Waals surface area (Å²) in [6.45, 7) is 0.599. The van der Waals surface area contributed by atoms with Gasteiger partial charge in [0.2, 0.25) is 0 Å². The number of halogens is 1. The molecule has 1 aliphatic carbocycles. The van der Waals surface area contributed by atoms with Gasteiger partial charge >= 0.3 is 0 Å². The van der Waals surface area contributed by atoms with E-state index in [1.165, 1.54) is 28.4 Å². The van der Waals surface area contributed by atoms with E-state index in [1.807, 2.05) is 6.08 Å². The highest BCUT2D eigenvalue weighted by molar-refractivity contribution is 9.10. The molecule has 0 spiro atoms. The van der Waals surface area contributed by atoms with E-state index in [2.05, 4.69) is 40.2 Å². The van der Waals surface area contributed by atoms with Gasteiger partial charge in [0, 0.05) is 11.0 Å². The molecule has 0 amide bonds. The predicted molar refractivity (Wildman–Crippen MR) is 64.2 cm³/mol. The first-order chi connectivity index (χ1) is 6.81. The first-order valence-electron chi connectivity index (χ1n) is 4.97. The standard InChI is InChI=1S/C12H14BrN/c13-12-8-9(2-1-7-14)3-6-11(12)10-4-5-10/h1-3,6,8,10H,4-5,7,14H2/b2-1+. The molecule has 0 saturated heterocycles. The third kappa shape index (κ3) is 2.25. The first kappa shape index (κ1) is 9.94. The third-order valence-electron chi connectivity index (χ3n) is 2.49. The van der Waals surface area contributed by atoms with Gasteiger partial charge in [-0.1, -0.05) is 40.2 Å². The summed E-state index contributed by atoms with van der Waals surface area (Å²) >= 11 is 3.61. The van der Waals surface area contributed by atoms with E-state index in [9.17, 15) is 0 Å². The largest absolute Gasteiger partial charge is 0.327 e. The van der Waals surface area contributed by atoms with Crippen LogP contribution in [0.4, 0.5) is 0 Å². The van der Waals surface area contributed by atoms with Gasteiger partial charge < -0.3 is 5.73 Å². The monoisotopic (exact) mass is 251 g/mol. The molecule has 1 aromatic carbocycles. The van der Waals surface area contributed by atoms with Crippen LogP contribution in [0.3, 0.4) is 0 Å². The smallest absolute Gasteiger partial charge is 0.0216 e. The summed E-state index contributed by atoms with van der Waals surface area (Å²) in [6.07, 6.45) is 6.72. The summed E-state index contributed by atoms with van der Waals surface area (Å²) in [5.41, 5.74) is 8.07. The van der Waals surface area contributed by atoms with E-state index in [1.54, 1.807) is 0 Å². The van der Waals surface area contributed by atoms with Crippen LogP contribution in [0, 0.1) is 0 Å². The number of nitrogens with two attached hydrogens (primary N) is 1. The second-order valence-electron chi connectivity index (χ2n) is 3.69. The molecule has 0 aliphatic heterocycles. The van der Waals surface area contributed by atoms with Crippen LogP contribution in [0.5, 0.6) is 0 Å². The molecular weight excluding hydrogens is 238 g/mol. The molecular formula is C12H14BrN.